The minimum atomic E-state index is 0.251. The first-order chi connectivity index (χ1) is 8.16. The van der Waals surface area contributed by atoms with Crippen molar-refractivity contribution < 1.29 is 4.79 Å². The maximum atomic E-state index is 12.0. The highest BCUT2D eigenvalue weighted by atomic mass is 35.5. The summed E-state index contributed by atoms with van der Waals surface area (Å²) in [7, 11) is 0. The summed E-state index contributed by atoms with van der Waals surface area (Å²) in [6, 6.07) is 5.87. The normalized spacial score (nSPS) is 26.9. The number of halogens is 2. The van der Waals surface area contributed by atoms with Gasteiger partial charge in [0.1, 0.15) is 0 Å². The lowest BCUT2D eigenvalue weighted by atomic mass is 10.1. The Hall–Kier alpha value is -0.730. The van der Waals surface area contributed by atoms with E-state index in [1.165, 1.54) is 0 Å². The van der Waals surface area contributed by atoms with Crippen LogP contribution in [-0.4, -0.2) is 16.8 Å². The van der Waals surface area contributed by atoms with Crippen LogP contribution in [0.4, 0.5) is 0 Å². The molecule has 1 aliphatic carbocycles. The summed E-state index contributed by atoms with van der Waals surface area (Å²) in [6.45, 7) is 0.554. The van der Waals surface area contributed by atoms with Gasteiger partial charge in [0.2, 0.25) is 5.91 Å². The average molecular weight is 270 g/mol. The van der Waals surface area contributed by atoms with Crippen LogP contribution in [0.5, 0.6) is 0 Å². The lowest BCUT2D eigenvalue weighted by molar-refractivity contribution is -0.134. The van der Waals surface area contributed by atoms with Gasteiger partial charge in [-0.1, -0.05) is 29.3 Å². The van der Waals surface area contributed by atoms with E-state index in [1.807, 2.05) is 23.1 Å². The maximum Gasteiger partial charge on any atom is 0.226 e. The fraction of sp³-hybridized carbons (Fsp3) is 0.462. The van der Waals surface area contributed by atoms with Crippen molar-refractivity contribution in [2.45, 2.75) is 31.8 Å². The van der Waals surface area contributed by atoms with Crippen LogP contribution in [0, 0.1) is 5.92 Å². The number of carbonyl (C=O) groups excluding carboxylic acids is 1. The van der Waals surface area contributed by atoms with E-state index >= 15 is 0 Å². The van der Waals surface area contributed by atoms with Gasteiger partial charge in [0, 0.05) is 34.1 Å². The molecule has 2 atom stereocenters. The number of amides is 1. The van der Waals surface area contributed by atoms with Gasteiger partial charge in [-0.25, -0.2) is 0 Å². The third-order valence-corrected chi connectivity index (χ3v) is 4.58. The summed E-state index contributed by atoms with van der Waals surface area (Å²) in [5, 5.41) is 1.29. The number of fused-ring (bicyclic) bond motifs is 2. The van der Waals surface area contributed by atoms with Gasteiger partial charge in [0.25, 0.3) is 0 Å². The third-order valence-electron chi connectivity index (χ3n) is 3.87. The number of hydrogen-bond donors (Lipinski definition) is 0. The first-order valence-electron chi connectivity index (χ1n) is 5.90. The van der Waals surface area contributed by atoms with Crippen LogP contribution in [0.1, 0.15) is 24.8 Å². The molecule has 1 heterocycles. The lowest BCUT2D eigenvalue weighted by Crippen LogP contribution is -2.36. The molecule has 2 aliphatic rings. The van der Waals surface area contributed by atoms with Gasteiger partial charge in [-0.2, -0.15) is 0 Å². The fourth-order valence-electron chi connectivity index (χ4n) is 2.94. The summed E-state index contributed by atoms with van der Waals surface area (Å²) in [5.74, 6) is 0.526. The highest BCUT2D eigenvalue weighted by Gasteiger charge is 2.44. The molecule has 1 amide bonds. The molecule has 4 heteroatoms. The molecule has 1 aliphatic heterocycles. The molecular weight excluding hydrogens is 257 g/mol. The first kappa shape index (κ1) is 11.4. The van der Waals surface area contributed by atoms with E-state index in [0.717, 1.165) is 24.8 Å². The van der Waals surface area contributed by atoms with Crippen LogP contribution in [0.2, 0.25) is 10.0 Å². The summed E-state index contributed by atoms with van der Waals surface area (Å²) in [4.78, 5) is 14.0. The molecule has 0 aromatic heterocycles. The molecular formula is C13H13Cl2NO. The van der Waals surface area contributed by atoms with E-state index in [1.54, 1.807) is 0 Å². The molecule has 3 rings (SSSR count). The van der Waals surface area contributed by atoms with Crippen molar-refractivity contribution in [3.8, 4) is 0 Å². The van der Waals surface area contributed by atoms with Crippen molar-refractivity contribution in [2.24, 2.45) is 5.92 Å². The second-order valence-corrected chi connectivity index (χ2v) is 5.64. The topological polar surface area (TPSA) is 20.3 Å². The second kappa shape index (κ2) is 4.18. The standard InChI is InChI=1S/C13H13Cl2NO/c14-11-2-1-3-12(15)10(11)7-16-9-5-4-8(6-9)13(16)17/h1-3,8-9H,4-7H2/t8-,9+/m1/s1. The quantitative estimate of drug-likeness (QED) is 0.805. The van der Waals surface area contributed by atoms with Gasteiger partial charge in [0.15, 0.2) is 0 Å². The SMILES string of the molecule is O=C1[C@@H]2CC[C@@H](C2)N1Cc1c(Cl)cccc1Cl. The maximum absolute atomic E-state index is 12.0. The number of piperidine rings is 1. The number of carbonyl (C=O) groups is 1. The van der Waals surface area contributed by atoms with E-state index in [4.69, 9.17) is 23.2 Å². The Kier molecular flexibility index (Phi) is 2.80. The van der Waals surface area contributed by atoms with E-state index < -0.39 is 0 Å². The first-order valence-corrected chi connectivity index (χ1v) is 6.66. The van der Waals surface area contributed by atoms with Crippen molar-refractivity contribution >= 4 is 29.1 Å². The number of rotatable bonds is 2. The number of hydrogen-bond acceptors (Lipinski definition) is 1. The predicted octanol–water partition coefficient (Wildman–Crippen LogP) is 3.50. The van der Waals surface area contributed by atoms with Gasteiger partial charge in [-0.15, -0.1) is 0 Å². The zero-order chi connectivity index (χ0) is 12.0. The number of nitrogens with zero attached hydrogens (tertiary/aromatic N) is 1. The van der Waals surface area contributed by atoms with Gasteiger partial charge in [-0.3, -0.25) is 4.79 Å². The van der Waals surface area contributed by atoms with Gasteiger partial charge in [-0.05, 0) is 31.4 Å². The molecule has 0 unspecified atom stereocenters. The van der Waals surface area contributed by atoms with Crippen molar-refractivity contribution in [3.63, 3.8) is 0 Å². The van der Waals surface area contributed by atoms with Crippen LogP contribution < -0.4 is 0 Å². The smallest absolute Gasteiger partial charge is 0.226 e. The van der Waals surface area contributed by atoms with E-state index in [0.29, 0.717) is 22.6 Å². The molecule has 0 radical (unpaired) electrons. The Balaban J connectivity index is 1.86. The molecule has 90 valence electrons. The Morgan fingerprint density at radius 1 is 1.24 bits per heavy atom. The summed E-state index contributed by atoms with van der Waals surface area (Å²) < 4.78 is 0. The highest BCUT2D eigenvalue weighted by molar-refractivity contribution is 6.36. The lowest BCUT2D eigenvalue weighted by Gasteiger charge is -2.27. The zero-order valence-corrected chi connectivity index (χ0v) is 10.8. The summed E-state index contributed by atoms with van der Waals surface area (Å²) in [5.41, 5.74) is 0.872. The van der Waals surface area contributed by atoms with Crippen LogP contribution in [0.3, 0.4) is 0 Å². The highest BCUT2D eigenvalue weighted by Crippen LogP contribution is 2.40. The van der Waals surface area contributed by atoms with Crippen molar-refractivity contribution in [2.75, 3.05) is 0 Å². The molecule has 0 N–H and O–H groups in total. The molecule has 1 aromatic carbocycles. The Bertz CT molecular complexity index is 454. The molecule has 0 spiro atoms. The Labute approximate surface area is 111 Å². The third kappa shape index (κ3) is 1.84. The van der Waals surface area contributed by atoms with E-state index in [2.05, 4.69) is 0 Å². The number of likely N-dealkylation sites (tertiary alicyclic amines) is 1. The largest absolute Gasteiger partial charge is 0.335 e. The fourth-order valence-corrected chi connectivity index (χ4v) is 3.46. The van der Waals surface area contributed by atoms with Crippen molar-refractivity contribution in [1.29, 1.82) is 0 Å². The van der Waals surface area contributed by atoms with Crippen LogP contribution in [0.25, 0.3) is 0 Å². The molecule has 1 aromatic rings. The molecule has 17 heavy (non-hydrogen) atoms. The molecule has 2 nitrogen and oxygen atoms in total. The minimum Gasteiger partial charge on any atom is -0.335 e. The monoisotopic (exact) mass is 269 g/mol. The van der Waals surface area contributed by atoms with Crippen LogP contribution in [0.15, 0.2) is 18.2 Å². The molecule has 1 saturated carbocycles. The Morgan fingerprint density at radius 2 is 1.94 bits per heavy atom. The molecule has 2 fully saturated rings. The van der Waals surface area contributed by atoms with Crippen molar-refractivity contribution in [1.82, 2.24) is 4.90 Å². The van der Waals surface area contributed by atoms with E-state index in [9.17, 15) is 4.79 Å². The molecule has 1 saturated heterocycles. The van der Waals surface area contributed by atoms with Crippen molar-refractivity contribution in [3.05, 3.63) is 33.8 Å². The van der Waals surface area contributed by atoms with Gasteiger partial charge >= 0.3 is 0 Å². The van der Waals surface area contributed by atoms with Crippen LogP contribution >= 0.6 is 23.2 Å². The zero-order valence-electron chi connectivity index (χ0n) is 9.33. The minimum absolute atomic E-state index is 0.251. The van der Waals surface area contributed by atoms with E-state index in [-0.39, 0.29) is 11.8 Å². The second-order valence-electron chi connectivity index (χ2n) is 4.83. The average Bonchev–Trinajstić information content (AvgIpc) is 2.86. The van der Waals surface area contributed by atoms with Crippen LogP contribution in [-0.2, 0) is 11.3 Å². The van der Waals surface area contributed by atoms with Gasteiger partial charge < -0.3 is 4.90 Å². The summed E-state index contributed by atoms with van der Waals surface area (Å²) >= 11 is 12.3. The Morgan fingerprint density at radius 3 is 2.53 bits per heavy atom. The predicted molar refractivity (Wildman–Crippen MR) is 68.1 cm³/mol. The summed E-state index contributed by atoms with van der Waals surface area (Å²) in [6.07, 6.45) is 3.19. The number of benzene rings is 1. The molecule has 2 bridgehead atoms. The van der Waals surface area contributed by atoms with Gasteiger partial charge in [0.05, 0.1) is 0 Å².